The third-order valence-electron chi connectivity index (χ3n) is 4.07. The molecule has 1 aromatic carbocycles. The highest BCUT2D eigenvalue weighted by atomic mass is 32.1. The summed E-state index contributed by atoms with van der Waals surface area (Å²) in [5, 5.41) is 3.03. The van der Waals surface area contributed by atoms with Crippen LogP contribution in [0.15, 0.2) is 29.8 Å². The Kier molecular flexibility index (Phi) is 4.48. The first-order valence-electron chi connectivity index (χ1n) is 7.31. The third kappa shape index (κ3) is 3.40. The van der Waals surface area contributed by atoms with Gasteiger partial charge in [-0.2, -0.15) is 0 Å². The maximum atomic E-state index is 13.6. The fraction of sp³-hybridized carbons (Fsp3) is 0.438. The van der Waals surface area contributed by atoms with Gasteiger partial charge in [0.25, 0.3) is 0 Å². The number of rotatable bonds is 4. The zero-order chi connectivity index (χ0) is 14.7. The first-order chi connectivity index (χ1) is 10.2. The molecule has 0 N–H and O–H groups in total. The van der Waals surface area contributed by atoms with Gasteiger partial charge < -0.3 is 4.90 Å². The van der Waals surface area contributed by atoms with Gasteiger partial charge in [-0.3, -0.25) is 0 Å². The fourth-order valence-corrected chi connectivity index (χ4v) is 3.65. The molecule has 1 aliphatic heterocycles. The molecular formula is C16H18F2N2S. The van der Waals surface area contributed by atoms with Crippen LogP contribution in [-0.4, -0.2) is 18.1 Å². The Balaban J connectivity index is 1.60. The van der Waals surface area contributed by atoms with Crippen molar-refractivity contribution in [1.29, 1.82) is 0 Å². The van der Waals surface area contributed by atoms with Crippen LogP contribution in [0.2, 0.25) is 0 Å². The highest BCUT2D eigenvalue weighted by molar-refractivity contribution is 7.13. The molecule has 3 rings (SSSR count). The van der Waals surface area contributed by atoms with Crippen LogP contribution in [0.25, 0.3) is 0 Å². The molecule has 1 aromatic heterocycles. The number of aromatic nitrogens is 1. The van der Waals surface area contributed by atoms with Gasteiger partial charge in [0.2, 0.25) is 0 Å². The van der Waals surface area contributed by atoms with Crippen molar-refractivity contribution in [2.45, 2.75) is 25.7 Å². The van der Waals surface area contributed by atoms with E-state index in [1.807, 2.05) is 11.6 Å². The van der Waals surface area contributed by atoms with Crippen LogP contribution in [0.1, 0.15) is 24.8 Å². The second-order valence-electron chi connectivity index (χ2n) is 5.51. The van der Waals surface area contributed by atoms with Crippen molar-refractivity contribution >= 4 is 16.5 Å². The number of benzene rings is 1. The molecule has 0 bridgehead atoms. The predicted octanol–water partition coefficient (Wildman–Crippen LogP) is 4.27. The summed E-state index contributed by atoms with van der Waals surface area (Å²) in [5.74, 6) is -0.383. The summed E-state index contributed by atoms with van der Waals surface area (Å²) in [6.07, 6.45) is 5.34. The number of halogens is 2. The molecule has 1 saturated heterocycles. The van der Waals surface area contributed by atoms with Crippen LogP contribution >= 0.6 is 11.3 Å². The molecule has 2 aromatic rings. The van der Waals surface area contributed by atoms with E-state index in [9.17, 15) is 8.78 Å². The molecular weight excluding hydrogens is 290 g/mol. The van der Waals surface area contributed by atoms with E-state index < -0.39 is 11.6 Å². The van der Waals surface area contributed by atoms with Gasteiger partial charge in [-0.15, -0.1) is 11.3 Å². The minimum Gasteiger partial charge on any atom is -0.348 e. The van der Waals surface area contributed by atoms with Gasteiger partial charge in [0.15, 0.2) is 5.13 Å². The largest absolute Gasteiger partial charge is 0.348 e. The molecule has 112 valence electrons. The van der Waals surface area contributed by atoms with Crippen molar-refractivity contribution in [3.8, 4) is 0 Å². The molecule has 1 aliphatic rings. The van der Waals surface area contributed by atoms with Crippen LogP contribution < -0.4 is 4.90 Å². The summed E-state index contributed by atoms with van der Waals surface area (Å²) in [6, 6.07) is 4.08. The maximum absolute atomic E-state index is 13.6. The van der Waals surface area contributed by atoms with E-state index in [0.29, 0.717) is 12.3 Å². The lowest BCUT2D eigenvalue weighted by Gasteiger charge is -2.32. The van der Waals surface area contributed by atoms with Crippen LogP contribution in [0.3, 0.4) is 0 Å². The molecule has 2 heterocycles. The van der Waals surface area contributed by atoms with Crippen molar-refractivity contribution in [1.82, 2.24) is 4.98 Å². The number of nitrogens with zero attached hydrogens (tertiary/aromatic N) is 2. The molecule has 0 amide bonds. The van der Waals surface area contributed by atoms with Gasteiger partial charge in [-0.1, -0.05) is 6.07 Å². The zero-order valence-corrected chi connectivity index (χ0v) is 12.6. The summed E-state index contributed by atoms with van der Waals surface area (Å²) < 4.78 is 27.3. The molecule has 5 heteroatoms. The van der Waals surface area contributed by atoms with E-state index >= 15 is 0 Å². The van der Waals surface area contributed by atoms with E-state index in [1.165, 1.54) is 18.2 Å². The minimum atomic E-state index is -0.428. The van der Waals surface area contributed by atoms with Crippen LogP contribution in [0, 0.1) is 17.6 Å². The first-order valence-corrected chi connectivity index (χ1v) is 8.19. The fourth-order valence-electron chi connectivity index (χ4n) is 2.97. The van der Waals surface area contributed by atoms with E-state index in [-0.39, 0.29) is 5.56 Å². The van der Waals surface area contributed by atoms with Crippen molar-refractivity contribution < 1.29 is 8.78 Å². The van der Waals surface area contributed by atoms with Crippen molar-refractivity contribution in [3.63, 3.8) is 0 Å². The lowest BCUT2D eigenvalue weighted by atomic mass is 9.91. The lowest BCUT2D eigenvalue weighted by molar-refractivity contribution is 0.386. The Hall–Kier alpha value is -1.49. The number of anilines is 1. The van der Waals surface area contributed by atoms with Crippen LogP contribution in [-0.2, 0) is 6.42 Å². The van der Waals surface area contributed by atoms with Crippen LogP contribution in [0.4, 0.5) is 13.9 Å². The SMILES string of the molecule is Fc1cccc(F)c1CC[C@H]1CCCN(c2nccs2)C1. The van der Waals surface area contributed by atoms with Gasteiger partial charge in [-0.25, -0.2) is 13.8 Å². The second kappa shape index (κ2) is 6.52. The first kappa shape index (κ1) is 14.4. The normalized spacial score (nSPS) is 19.0. The number of thiazole rings is 1. The Bertz CT molecular complexity index is 566. The summed E-state index contributed by atoms with van der Waals surface area (Å²) in [7, 11) is 0. The second-order valence-corrected chi connectivity index (χ2v) is 6.38. The van der Waals surface area contributed by atoms with E-state index in [2.05, 4.69) is 9.88 Å². The van der Waals surface area contributed by atoms with Gasteiger partial charge in [0.05, 0.1) is 0 Å². The van der Waals surface area contributed by atoms with E-state index in [4.69, 9.17) is 0 Å². The zero-order valence-electron chi connectivity index (χ0n) is 11.8. The average Bonchev–Trinajstić information content (AvgIpc) is 3.01. The topological polar surface area (TPSA) is 16.1 Å². The number of hydrogen-bond acceptors (Lipinski definition) is 3. The molecule has 0 aliphatic carbocycles. The van der Waals surface area contributed by atoms with Gasteiger partial charge in [0.1, 0.15) is 11.6 Å². The third-order valence-corrected chi connectivity index (χ3v) is 4.91. The molecule has 1 atom stereocenters. The lowest BCUT2D eigenvalue weighted by Crippen LogP contribution is -2.35. The summed E-state index contributed by atoms with van der Waals surface area (Å²) >= 11 is 1.65. The van der Waals surface area contributed by atoms with Gasteiger partial charge >= 0.3 is 0 Å². The molecule has 21 heavy (non-hydrogen) atoms. The standard InChI is InChI=1S/C16H18F2N2S/c17-14-4-1-5-15(18)13(14)7-6-12-3-2-9-20(11-12)16-19-8-10-21-16/h1,4-5,8,10,12H,2-3,6-7,9,11H2/t12-/m1/s1. The Morgan fingerprint density at radius 2 is 2.10 bits per heavy atom. The van der Waals surface area contributed by atoms with Crippen molar-refractivity contribution in [2.24, 2.45) is 5.92 Å². The molecule has 0 radical (unpaired) electrons. The van der Waals surface area contributed by atoms with Gasteiger partial charge in [0, 0.05) is 30.2 Å². The van der Waals surface area contributed by atoms with Crippen LogP contribution in [0.5, 0.6) is 0 Å². The Labute approximate surface area is 127 Å². The molecule has 1 fully saturated rings. The monoisotopic (exact) mass is 308 g/mol. The van der Waals surface area contributed by atoms with Crippen molar-refractivity contribution in [3.05, 3.63) is 47.0 Å². The summed E-state index contributed by atoms with van der Waals surface area (Å²) in [6.45, 7) is 1.96. The maximum Gasteiger partial charge on any atom is 0.185 e. The highest BCUT2D eigenvalue weighted by Crippen LogP contribution is 2.27. The Morgan fingerprint density at radius 1 is 1.29 bits per heavy atom. The Morgan fingerprint density at radius 3 is 2.81 bits per heavy atom. The predicted molar refractivity (Wildman–Crippen MR) is 81.7 cm³/mol. The smallest absolute Gasteiger partial charge is 0.185 e. The number of hydrogen-bond donors (Lipinski definition) is 0. The quantitative estimate of drug-likeness (QED) is 0.838. The van der Waals surface area contributed by atoms with Gasteiger partial charge in [-0.05, 0) is 43.7 Å². The molecule has 0 unspecified atom stereocenters. The summed E-state index contributed by atoms with van der Waals surface area (Å²) in [4.78, 5) is 6.63. The van der Waals surface area contributed by atoms with Crippen molar-refractivity contribution in [2.75, 3.05) is 18.0 Å². The number of piperidine rings is 1. The minimum absolute atomic E-state index is 0.226. The molecule has 2 nitrogen and oxygen atoms in total. The average molecular weight is 308 g/mol. The molecule has 0 saturated carbocycles. The van der Waals surface area contributed by atoms with E-state index in [0.717, 1.165) is 37.5 Å². The molecule has 0 spiro atoms. The van der Waals surface area contributed by atoms with E-state index in [1.54, 1.807) is 11.3 Å². The highest BCUT2D eigenvalue weighted by Gasteiger charge is 2.22. The summed E-state index contributed by atoms with van der Waals surface area (Å²) in [5.41, 5.74) is 0.226.